The molecule has 0 aliphatic carbocycles. The van der Waals surface area contributed by atoms with Crippen molar-refractivity contribution in [3.05, 3.63) is 64.1 Å². The van der Waals surface area contributed by atoms with E-state index in [4.69, 9.17) is 27.9 Å². The number of halogens is 2. The zero-order valence-electron chi connectivity index (χ0n) is 13.4. The van der Waals surface area contributed by atoms with Gasteiger partial charge in [-0.15, -0.1) is 0 Å². The van der Waals surface area contributed by atoms with Gasteiger partial charge in [0, 0.05) is 11.1 Å². The van der Waals surface area contributed by atoms with Gasteiger partial charge >= 0.3 is 0 Å². The van der Waals surface area contributed by atoms with Gasteiger partial charge in [0.05, 0.1) is 24.4 Å². The lowest BCUT2D eigenvalue weighted by Gasteiger charge is -2.08. The summed E-state index contributed by atoms with van der Waals surface area (Å²) in [5.74, 6) is -0.0588. The standard InChI is InChI=1S/C18H16Cl2N2O3/c1-25-14-6-2-12(3-7-14)4-9-17(23)21-11-18(24)22-16-10-13(19)5-8-15(16)20/h2-10H,11H2,1H3,(H,21,23)(H,22,24)/b9-4+. The number of amides is 2. The summed E-state index contributed by atoms with van der Waals surface area (Å²) < 4.78 is 5.06. The maximum Gasteiger partial charge on any atom is 0.244 e. The Morgan fingerprint density at radius 1 is 1.12 bits per heavy atom. The topological polar surface area (TPSA) is 67.4 Å². The van der Waals surface area contributed by atoms with Crippen LogP contribution < -0.4 is 15.4 Å². The zero-order chi connectivity index (χ0) is 18.2. The number of anilines is 1. The van der Waals surface area contributed by atoms with E-state index in [0.29, 0.717) is 15.7 Å². The van der Waals surface area contributed by atoms with Gasteiger partial charge in [0.25, 0.3) is 0 Å². The normalized spacial score (nSPS) is 10.5. The average Bonchev–Trinajstić information content (AvgIpc) is 2.61. The van der Waals surface area contributed by atoms with E-state index in [1.807, 2.05) is 12.1 Å². The Kier molecular flexibility index (Phi) is 6.86. The fourth-order valence-electron chi connectivity index (χ4n) is 1.90. The molecule has 0 heterocycles. The second-order valence-corrected chi connectivity index (χ2v) is 5.84. The maximum absolute atomic E-state index is 11.9. The van der Waals surface area contributed by atoms with Crippen molar-refractivity contribution in [2.75, 3.05) is 19.0 Å². The SMILES string of the molecule is COc1ccc(/C=C/C(=O)NCC(=O)Nc2cc(Cl)ccc2Cl)cc1. The van der Waals surface area contributed by atoms with Crippen molar-refractivity contribution in [3.63, 3.8) is 0 Å². The molecular formula is C18H16Cl2N2O3. The summed E-state index contributed by atoms with van der Waals surface area (Å²) in [5.41, 5.74) is 1.23. The van der Waals surface area contributed by atoms with Crippen LogP contribution in [0.1, 0.15) is 5.56 Å². The summed E-state index contributed by atoms with van der Waals surface area (Å²) >= 11 is 11.8. The molecule has 2 amide bonds. The van der Waals surface area contributed by atoms with Crippen molar-refractivity contribution in [1.29, 1.82) is 0 Å². The van der Waals surface area contributed by atoms with Crippen molar-refractivity contribution in [2.24, 2.45) is 0 Å². The van der Waals surface area contributed by atoms with Crippen LogP contribution in [0.15, 0.2) is 48.5 Å². The third-order valence-corrected chi connectivity index (χ3v) is 3.73. The molecule has 0 aromatic heterocycles. The molecular weight excluding hydrogens is 363 g/mol. The second kappa shape index (κ2) is 9.11. The van der Waals surface area contributed by atoms with E-state index < -0.39 is 5.91 Å². The third kappa shape index (κ3) is 6.14. The highest BCUT2D eigenvalue weighted by atomic mass is 35.5. The fourth-order valence-corrected chi connectivity index (χ4v) is 2.24. The largest absolute Gasteiger partial charge is 0.497 e. The Morgan fingerprint density at radius 2 is 1.84 bits per heavy atom. The Bertz CT molecular complexity index is 789. The van der Waals surface area contributed by atoms with Crippen molar-refractivity contribution >= 4 is 46.8 Å². The molecule has 25 heavy (non-hydrogen) atoms. The first-order chi connectivity index (χ1) is 12.0. The highest BCUT2D eigenvalue weighted by molar-refractivity contribution is 6.35. The quantitative estimate of drug-likeness (QED) is 0.751. The van der Waals surface area contributed by atoms with E-state index in [1.165, 1.54) is 12.1 Å². The number of hydrogen-bond acceptors (Lipinski definition) is 3. The number of carbonyl (C=O) groups excluding carboxylic acids is 2. The molecule has 5 nitrogen and oxygen atoms in total. The van der Waals surface area contributed by atoms with E-state index in [0.717, 1.165) is 11.3 Å². The van der Waals surface area contributed by atoms with Gasteiger partial charge in [0.2, 0.25) is 11.8 Å². The molecule has 2 aromatic rings. The van der Waals surface area contributed by atoms with E-state index in [2.05, 4.69) is 10.6 Å². The predicted octanol–water partition coefficient (Wildman–Crippen LogP) is 3.77. The lowest BCUT2D eigenvalue weighted by Crippen LogP contribution is -2.31. The van der Waals surface area contributed by atoms with Gasteiger partial charge in [-0.3, -0.25) is 9.59 Å². The minimum Gasteiger partial charge on any atom is -0.497 e. The highest BCUT2D eigenvalue weighted by Crippen LogP contribution is 2.25. The van der Waals surface area contributed by atoms with E-state index in [9.17, 15) is 9.59 Å². The van der Waals surface area contributed by atoms with Gasteiger partial charge in [-0.25, -0.2) is 0 Å². The van der Waals surface area contributed by atoms with Crippen LogP contribution in [0.5, 0.6) is 5.75 Å². The molecule has 0 saturated heterocycles. The monoisotopic (exact) mass is 378 g/mol. The second-order valence-electron chi connectivity index (χ2n) is 5.00. The molecule has 7 heteroatoms. The van der Waals surface area contributed by atoms with Crippen LogP contribution in [0.4, 0.5) is 5.69 Å². The molecule has 0 atom stereocenters. The van der Waals surface area contributed by atoms with Crippen molar-refractivity contribution in [3.8, 4) is 5.75 Å². The van der Waals surface area contributed by atoms with E-state index >= 15 is 0 Å². The minimum absolute atomic E-state index is 0.186. The smallest absolute Gasteiger partial charge is 0.244 e. The highest BCUT2D eigenvalue weighted by Gasteiger charge is 2.07. The molecule has 130 valence electrons. The number of carbonyl (C=O) groups is 2. The first kappa shape index (κ1) is 18.8. The van der Waals surface area contributed by atoms with Crippen molar-refractivity contribution < 1.29 is 14.3 Å². The molecule has 0 unspecified atom stereocenters. The minimum atomic E-state index is -0.407. The van der Waals surface area contributed by atoms with Crippen molar-refractivity contribution in [2.45, 2.75) is 0 Å². The number of benzene rings is 2. The maximum atomic E-state index is 11.9. The zero-order valence-corrected chi connectivity index (χ0v) is 14.9. The summed E-state index contributed by atoms with van der Waals surface area (Å²) in [6.07, 6.45) is 2.99. The first-order valence-electron chi connectivity index (χ1n) is 7.33. The Balaban J connectivity index is 1.83. The van der Waals surface area contributed by atoms with Gasteiger partial charge in [-0.1, -0.05) is 35.3 Å². The molecule has 0 bridgehead atoms. The lowest BCUT2D eigenvalue weighted by atomic mass is 10.2. The summed E-state index contributed by atoms with van der Waals surface area (Å²) in [6.45, 7) is -0.186. The molecule has 0 spiro atoms. The number of ether oxygens (including phenoxy) is 1. The third-order valence-electron chi connectivity index (χ3n) is 3.17. The number of nitrogens with one attached hydrogen (secondary N) is 2. The van der Waals surface area contributed by atoms with E-state index in [-0.39, 0.29) is 12.5 Å². The summed E-state index contributed by atoms with van der Waals surface area (Å²) in [5, 5.41) is 5.89. The Labute approximate surface area is 155 Å². The van der Waals surface area contributed by atoms with E-state index in [1.54, 1.807) is 37.5 Å². The van der Waals surface area contributed by atoms with Gasteiger partial charge in [0.15, 0.2) is 0 Å². The van der Waals surface area contributed by atoms with Gasteiger partial charge < -0.3 is 15.4 Å². The lowest BCUT2D eigenvalue weighted by molar-refractivity contribution is -0.121. The van der Waals surface area contributed by atoms with Gasteiger partial charge in [0.1, 0.15) is 5.75 Å². The number of hydrogen-bond donors (Lipinski definition) is 2. The number of methoxy groups -OCH3 is 1. The molecule has 2 rings (SSSR count). The Morgan fingerprint density at radius 3 is 2.52 bits per heavy atom. The molecule has 2 N–H and O–H groups in total. The summed E-state index contributed by atoms with van der Waals surface area (Å²) in [6, 6.07) is 11.9. The molecule has 0 aliphatic rings. The first-order valence-corrected chi connectivity index (χ1v) is 8.08. The molecule has 0 fully saturated rings. The summed E-state index contributed by atoms with van der Waals surface area (Å²) in [7, 11) is 1.58. The summed E-state index contributed by atoms with van der Waals surface area (Å²) in [4.78, 5) is 23.6. The van der Waals surface area contributed by atoms with Crippen LogP contribution in [0.2, 0.25) is 10.0 Å². The average molecular weight is 379 g/mol. The van der Waals surface area contributed by atoms with Crippen LogP contribution >= 0.6 is 23.2 Å². The molecule has 0 aliphatic heterocycles. The molecule has 0 radical (unpaired) electrons. The van der Waals surface area contributed by atoms with Crippen LogP contribution in [0.25, 0.3) is 6.08 Å². The van der Waals surface area contributed by atoms with Crippen LogP contribution in [0, 0.1) is 0 Å². The fraction of sp³-hybridized carbons (Fsp3) is 0.111. The number of rotatable bonds is 6. The Hall–Kier alpha value is -2.50. The van der Waals surface area contributed by atoms with Crippen LogP contribution in [-0.4, -0.2) is 25.5 Å². The predicted molar refractivity (Wildman–Crippen MR) is 100 cm³/mol. The molecule has 2 aromatic carbocycles. The van der Waals surface area contributed by atoms with Crippen LogP contribution in [0.3, 0.4) is 0 Å². The van der Waals surface area contributed by atoms with Crippen molar-refractivity contribution in [1.82, 2.24) is 5.32 Å². The molecule has 0 saturated carbocycles. The van der Waals surface area contributed by atoms with Gasteiger partial charge in [-0.2, -0.15) is 0 Å². The van der Waals surface area contributed by atoms with Crippen LogP contribution in [-0.2, 0) is 9.59 Å². The van der Waals surface area contributed by atoms with Gasteiger partial charge in [-0.05, 0) is 42.0 Å².